The lowest BCUT2D eigenvalue weighted by molar-refractivity contribution is 0.0949. The molecule has 0 radical (unpaired) electrons. The molecule has 6 nitrogen and oxygen atoms in total. The maximum Gasteiger partial charge on any atom is 0.251 e. The van der Waals surface area contributed by atoms with Crippen molar-refractivity contribution in [2.45, 2.75) is 19.9 Å². The van der Waals surface area contributed by atoms with E-state index in [9.17, 15) is 4.79 Å². The first-order valence-corrected chi connectivity index (χ1v) is 6.16. The number of aryl methyl sites for hydroxylation is 1. The lowest BCUT2D eigenvalue weighted by atomic mass is 10.1. The van der Waals surface area contributed by atoms with Gasteiger partial charge in [-0.05, 0) is 24.1 Å². The Morgan fingerprint density at radius 2 is 2.42 bits per heavy atom. The summed E-state index contributed by atoms with van der Waals surface area (Å²) in [6, 6.07) is 5.70. The summed E-state index contributed by atoms with van der Waals surface area (Å²) in [5, 5.41) is 9.75. The molecule has 2 N–H and O–H groups in total. The second-order valence-electron chi connectivity index (χ2n) is 4.46. The van der Waals surface area contributed by atoms with E-state index in [2.05, 4.69) is 20.8 Å². The molecule has 19 heavy (non-hydrogen) atoms. The van der Waals surface area contributed by atoms with E-state index >= 15 is 0 Å². The molecule has 0 bridgehead atoms. The third kappa shape index (κ3) is 2.42. The number of aromatic nitrogens is 2. The zero-order valence-corrected chi connectivity index (χ0v) is 10.6. The van der Waals surface area contributed by atoms with Crippen molar-refractivity contribution in [3.05, 3.63) is 41.0 Å². The van der Waals surface area contributed by atoms with Gasteiger partial charge in [-0.15, -0.1) is 0 Å². The fourth-order valence-corrected chi connectivity index (χ4v) is 2.11. The summed E-state index contributed by atoms with van der Waals surface area (Å²) in [6.07, 6.45) is 1.01. The highest BCUT2D eigenvalue weighted by Gasteiger charge is 2.13. The van der Waals surface area contributed by atoms with Crippen molar-refractivity contribution in [2.24, 2.45) is 0 Å². The Bertz CT molecular complexity index is 621. The summed E-state index contributed by atoms with van der Waals surface area (Å²) >= 11 is 0. The molecule has 1 aromatic carbocycles. The van der Waals surface area contributed by atoms with Crippen molar-refractivity contribution in [1.29, 1.82) is 0 Å². The van der Waals surface area contributed by atoms with E-state index in [0.717, 1.165) is 18.7 Å². The molecule has 0 aliphatic carbocycles. The molecule has 1 aromatic heterocycles. The Morgan fingerprint density at radius 1 is 1.53 bits per heavy atom. The van der Waals surface area contributed by atoms with E-state index in [0.29, 0.717) is 17.3 Å². The number of benzene rings is 1. The van der Waals surface area contributed by atoms with Crippen LogP contribution in [0.25, 0.3) is 0 Å². The third-order valence-electron chi connectivity index (χ3n) is 3.06. The average molecular weight is 258 g/mol. The van der Waals surface area contributed by atoms with Gasteiger partial charge in [-0.2, -0.15) is 4.98 Å². The van der Waals surface area contributed by atoms with Crippen LogP contribution in [-0.4, -0.2) is 22.6 Å². The van der Waals surface area contributed by atoms with Gasteiger partial charge in [0.15, 0.2) is 5.82 Å². The molecule has 1 aliphatic rings. The van der Waals surface area contributed by atoms with E-state index < -0.39 is 0 Å². The summed E-state index contributed by atoms with van der Waals surface area (Å²) in [5.74, 6) is 0.829. The number of carbonyl (C=O) groups excluding carboxylic acids is 1. The van der Waals surface area contributed by atoms with Gasteiger partial charge < -0.3 is 15.2 Å². The van der Waals surface area contributed by atoms with Crippen LogP contribution in [0.3, 0.4) is 0 Å². The summed E-state index contributed by atoms with van der Waals surface area (Å²) < 4.78 is 4.84. The Balaban J connectivity index is 1.67. The highest BCUT2D eigenvalue weighted by atomic mass is 16.5. The van der Waals surface area contributed by atoms with Gasteiger partial charge in [0.25, 0.3) is 5.91 Å². The van der Waals surface area contributed by atoms with Crippen molar-refractivity contribution in [1.82, 2.24) is 15.5 Å². The Morgan fingerprint density at radius 3 is 3.21 bits per heavy atom. The van der Waals surface area contributed by atoms with Gasteiger partial charge in [0.2, 0.25) is 5.89 Å². The normalized spacial score (nSPS) is 12.9. The molecule has 6 heteroatoms. The molecule has 98 valence electrons. The van der Waals surface area contributed by atoms with E-state index in [-0.39, 0.29) is 12.5 Å². The van der Waals surface area contributed by atoms with Gasteiger partial charge in [0, 0.05) is 24.7 Å². The lowest BCUT2D eigenvalue weighted by Crippen LogP contribution is -2.23. The van der Waals surface area contributed by atoms with Crippen LogP contribution in [0.15, 0.2) is 22.7 Å². The molecule has 3 rings (SSSR count). The SMILES string of the molecule is Cc1nc(CNC(=O)c2ccc3c(c2)NCC3)no1. The van der Waals surface area contributed by atoms with Gasteiger partial charge in [-0.3, -0.25) is 4.79 Å². The minimum Gasteiger partial charge on any atom is -0.384 e. The van der Waals surface area contributed by atoms with Crippen LogP contribution in [0.4, 0.5) is 5.69 Å². The predicted molar refractivity (Wildman–Crippen MR) is 68.8 cm³/mol. The van der Waals surface area contributed by atoms with Crippen LogP contribution in [0.5, 0.6) is 0 Å². The second kappa shape index (κ2) is 4.72. The van der Waals surface area contributed by atoms with E-state index in [1.807, 2.05) is 18.2 Å². The maximum atomic E-state index is 12.0. The molecule has 2 aromatic rings. The second-order valence-corrected chi connectivity index (χ2v) is 4.46. The zero-order chi connectivity index (χ0) is 13.2. The average Bonchev–Trinajstić information content (AvgIpc) is 3.03. The van der Waals surface area contributed by atoms with Gasteiger partial charge in [-0.1, -0.05) is 11.2 Å². The van der Waals surface area contributed by atoms with Crippen LogP contribution in [0.1, 0.15) is 27.6 Å². The van der Waals surface area contributed by atoms with Crippen LogP contribution in [0, 0.1) is 6.92 Å². The topological polar surface area (TPSA) is 80.0 Å². The number of hydrogen-bond acceptors (Lipinski definition) is 5. The van der Waals surface area contributed by atoms with E-state index in [1.54, 1.807) is 6.92 Å². The highest BCUT2D eigenvalue weighted by Crippen LogP contribution is 2.23. The van der Waals surface area contributed by atoms with Crippen molar-refractivity contribution in [2.75, 3.05) is 11.9 Å². The number of nitrogens with one attached hydrogen (secondary N) is 2. The molecular weight excluding hydrogens is 244 g/mol. The van der Waals surface area contributed by atoms with Crippen LogP contribution >= 0.6 is 0 Å². The largest absolute Gasteiger partial charge is 0.384 e. The predicted octanol–water partition coefficient (Wildman–Crippen LogP) is 1.28. The zero-order valence-electron chi connectivity index (χ0n) is 10.6. The number of amides is 1. The molecule has 1 amide bonds. The van der Waals surface area contributed by atoms with Gasteiger partial charge in [-0.25, -0.2) is 0 Å². The van der Waals surface area contributed by atoms with Crippen molar-refractivity contribution < 1.29 is 9.32 Å². The van der Waals surface area contributed by atoms with Crippen LogP contribution in [0.2, 0.25) is 0 Å². The Hall–Kier alpha value is -2.37. The monoisotopic (exact) mass is 258 g/mol. The molecule has 2 heterocycles. The number of fused-ring (bicyclic) bond motifs is 1. The maximum absolute atomic E-state index is 12.0. The molecular formula is C13H14N4O2. The number of rotatable bonds is 3. The Labute approximate surface area is 110 Å². The molecule has 0 fully saturated rings. The van der Waals surface area contributed by atoms with Gasteiger partial charge in [0.05, 0.1) is 6.54 Å². The molecule has 0 spiro atoms. The molecule has 0 atom stereocenters. The van der Waals surface area contributed by atoms with Gasteiger partial charge >= 0.3 is 0 Å². The molecule has 0 unspecified atom stereocenters. The summed E-state index contributed by atoms with van der Waals surface area (Å²) in [7, 11) is 0. The van der Waals surface area contributed by atoms with Crippen molar-refractivity contribution >= 4 is 11.6 Å². The minimum atomic E-state index is -0.140. The fraction of sp³-hybridized carbons (Fsp3) is 0.308. The number of carbonyl (C=O) groups is 1. The standard InChI is InChI=1S/C13H14N4O2/c1-8-16-12(17-19-8)7-15-13(18)10-3-2-9-4-5-14-11(9)6-10/h2-3,6,14H,4-5,7H2,1H3,(H,15,18). The van der Waals surface area contributed by atoms with Gasteiger partial charge in [0.1, 0.15) is 0 Å². The van der Waals surface area contributed by atoms with Crippen molar-refractivity contribution in [3.63, 3.8) is 0 Å². The number of anilines is 1. The molecule has 0 saturated heterocycles. The third-order valence-corrected chi connectivity index (χ3v) is 3.06. The summed E-state index contributed by atoms with van der Waals surface area (Å²) in [6.45, 7) is 2.91. The van der Waals surface area contributed by atoms with Crippen molar-refractivity contribution in [3.8, 4) is 0 Å². The summed E-state index contributed by atoms with van der Waals surface area (Å²) in [4.78, 5) is 16.0. The Kier molecular flexibility index (Phi) is 2.91. The quantitative estimate of drug-likeness (QED) is 0.866. The van der Waals surface area contributed by atoms with E-state index in [4.69, 9.17) is 4.52 Å². The first kappa shape index (κ1) is 11.7. The smallest absolute Gasteiger partial charge is 0.251 e. The first-order valence-electron chi connectivity index (χ1n) is 6.16. The lowest BCUT2D eigenvalue weighted by Gasteiger charge is -2.05. The van der Waals surface area contributed by atoms with E-state index in [1.165, 1.54) is 5.56 Å². The van der Waals surface area contributed by atoms with Crippen LogP contribution in [-0.2, 0) is 13.0 Å². The fourth-order valence-electron chi connectivity index (χ4n) is 2.11. The number of nitrogens with zero attached hydrogens (tertiary/aromatic N) is 2. The molecule has 0 saturated carbocycles. The minimum absolute atomic E-state index is 0.140. The highest BCUT2D eigenvalue weighted by molar-refractivity contribution is 5.95. The molecule has 1 aliphatic heterocycles. The number of hydrogen-bond donors (Lipinski definition) is 2. The van der Waals surface area contributed by atoms with Crippen LogP contribution < -0.4 is 10.6 Å². The first-order chi connectivity index (χ1) is 9.22. The summed E-state index contributed by atoms with van der Waals surface area (Å²) in [5.41, 5.74) is 2.93.